The van der Waals surface area contributed by atoms with Crippen molar-refractivity contribution in [1.29, 1.82) is 0 Å². The molecule has 1 aromatic rings. The zero-order valence-electron chi connectivity index (χ0n) is 8.32. The maximum atomic E-state index is 5.61. The summed E-state index contributed by atoms with van der Waals surface area (Å²) in [7, 11) is 0. The predicted octanol–water partition coefficient (Wildman–Crippen LogP) is 0.786. The second-order valence-corrected chi connectivity index (χ2v) is 3.78. The highest BCUT2D eigenvalue weighted by Crippen LogP contribution is 2.19. The first-order valence-corrected chi connectivity index (χ1v) is 5.04. The van der Waals surface area contributed by atoms with Gasteiger partial charge in [0.05, 0.1) is 0 Å². The number of guanidine groups is 1. The molecule has 1 atom stereocenters. The van der Waals surface area contributed by atoms with Gasteiger partial charge in [-0.1, -0.05) is 24.3 Å². The molecule has 0 aromatic heterocycles. The molecule has 0 saturated heterocycles. The minimum absolute atomic E-state index is 0.181. The lowest BCUT2D eigenvalue weighted by atomic mass is 10.1. The van der Waals surface area contributed by atoms with Crippen LogP contribution in [0.3, 0.4) is 0 Å². The van der Waals surface area contributed by atoms with E-state index in [9.17, 15) is 0 Å². The van der Waals surface area contributed by atoms with Crippen LogP contribution in [0.25, 0.3) is 0 Å². The Morgan fingerprint density at radius 2 is 2.13 bits per heavy atom. The summed E-state index contributed by atoms with van der Waals surface area (Å²) in [5, 5.41) is 6.31. The van der Waals surface area contributed by atoms with E-state index in [0.29, 0.717) is 11.1 Å². The maximum absolute atomic E-state index is 5.61. The fourth-order valence-electron chi connectivity index (χ4n) is 1.52. The normalized spacial score (nSPS) is 20.2. The van der Waals surface area contributed by atoms with Gasteiger partial charge in [-0.05, 0) is 30.3 Å². The molecule has 0 aliphatic carbocycles. The van der Waals surface area contributed by atoms with Crippen LogP contribution in [-0.4, -0.2) is 11.1 Å². The first-order chi connectivity index (χ1) is 7.16. The van der Waals surface area contributed by atoms with Crippen molar-refractivity contribution in [2.45, 2.75) is 13.1 Å². The van der Waals surface area contributed by atoms with Crippen molar-refractivity contribution in [2.75, 3.05) is 0 Å². The molecule has 1 aromatic carbocycles. The van der Waals surface area contributed by atoms with Crippen LogP contribution in [0.4, 0.5) is 0 Å². The zero-order valence-corrected chi connectivity index (χ0v) is 9.14. The summed E-state index contributed by atoms with van der Waals surface area (Å²) < 4.78 is 0. The molecule has 0 spiro atoms. The first kappa shape index (κ1) is 9.92. The van der Waals surface area contributed by atoms with E-state index in [1.54, 1.807) is 0 Å². The number of rotatable bonds is 1. The van der Waals surface area contributed by atoms with Gasteiger partial charge >= 0.3 is 0 Å². The van der Waals surface area contributed by atoms with Crippen molar-refractivity contribution in [3.63, 3.8) is 0 Å². The largest absolute Gasteiger partial charge is 0.370 e. The number of aliphatic imine (C=N–C) groups is 1. The molecule has 5 heteroatoms. The topological polar surface area (TPSA) is 62.4 Å². The number of hydrogen-bond acceptors (Lipinski definition) is 3. The van der Waals surface area contributed by atoms with Crippen molar-refractivity contribution in [3.8, 4) is 0 Å². The van der Waals surface area contributed by atoms with Crippen LogP contribution in [0.2, 0.25) is 0 Å². The summed E-state index contributed by atoms with van der Waals surface area (Å²) in [5.74, 6) is 0.354. The number of nitrogens with zero attached hydrogens (tertiary/aromatic N) is 1. The zero-order chi connectivity index (χ0) is 10.8. The highest BCUT2D eigenvalue weighted by molar-refractivity contribution is 7.80. The van der Waals surface area contributed by atoms with Crippen molar-refractivity contribution < 1.29 is 0 Å². The van der Waals surface area contributed by atoms with E-state index in [-0.39, 0.29) is 6.17 Å². The third-order valence-electron chi connectivity index (χ3n) is 2.26. The molecular weight excluding hydrogens is 208 g/mol. The Balaban J connectivity index is 2.36. The fraction of sp³-hybridized carbons (Fsp3) is 0.200. The Hall–Kier alpha value is -1.62. The molecule has 4 N–H and O–H groups in total. The SMILES string of the molecule is Cc1ccccc1[C@@H]1N=C(N)NC(=S)N1. The van der Waals surface area contributed by atoms with E-state index in [4.69, 9.17) is 18.0 Å². The third-order valence-corrected chi connectivity index (χ3v) is 2.48. The molecule has 78 valence electrons. The monoisotopic (exact) mass is 220 g/mol. The lowest BCUT2D eigenvalue weighted by molar-refractivity contribution is 0.656. The Kier molecular flexibility index (Phi) is 2.55. The molecular formula is C10H12N4S. The lowest BCUT2D eigenvalue weighted by Crippen LogP contribution is -2.49. The van der Waals surface area contributed by atoms with Gasteiger partial charge in [-0.25, -0.2) is 4.99 Å². The van der Waals surface area contributed by atoms with Crippen LogP contribution < -0.4 is 16.4 Å². The molecule has 2 rings (SSSR count). The smallest absolute Gasteiger partial charge is 0.197 e. The van der Waals surface area contributed by atoms with E-state index >= 15 is 0 Å². The van der Waals surface area contributed by atoms with Crippen LogP contribution in [0.15, 0.2) is 29.3 Å². The van der Waals surface area contributed by atoms with Crippen molar-refractivity contribution >= 4 is 23.3 Å². The lowest BCUT2D eigenvalue weighted by Gasteiger charge is -2.24. The van der Waals surface area contributed by atoms with Gasteiger partial charge in [0.2, 0.25) is 0 Å². The van der Waals surface area contributed by atoms with Gasteiger partial charge in [-0.15, -0.1) is 0 Å². The molecule has 0 unspecified atom stereocenters. The minimum Gasteiger partial charge on any atom is -0.370 e. The number of nitrogens with two attached hydrogens (primary N) is 1. The molecule has 0 saturated carbocycles. The summed E-state index contributed by atoms with van der Waals surface area (Å²) in [6.07, 6.45) is -0.181. The molecule has 1 aliphatic heterocycles. The van der Waals surface area contributed by atoms with E-state index in [0.717, 1.165) is 11.1 Å². The molecule has 4 nitrogen and oxygen atoms in total. The van der Waals surface area contributed by atoms with Gasteiger partial charge in [0.25, 0.3) is 0 Å². The van der Waals surface area contributed by atoms with Gasteiger partial charge in [0, 0.05) is 0 Å². The predicted molar refractivity (Wildman–Crippen MR) is 64.4 cm³/mol. The first-order valence-electron chi connectivity index (χ1n) is 4.63. The van der Waals surface area contributed by atoms with E-state index in [2.05, 4.69) is 15.6 Å². The second kappa shape index (κ2) is 3.86. The Morgan fingerprint density at radius 1 is 1.40 bits per heavy atom. The summed E-state index contributed by atoms with van der Waals surface area (Å²) in [6, 6.07) is 8.01. The van der Waals surface area contributed by atoms with E-state index < -0.39 is 0 Å². The molecule has 1 aliphatic rings. The summed E-state index contributed by atoms with van der Waals surface area (Å²) >= 11 is 5.02. The molecule has 0 radical (unpaired) electrons. The van der Waals surface area contributed by atoms with E-state index in [1.807, 2.05) is 31.2 Å². The number of benzene rings is 1. The highest BCUT2D eigenvalue weighted by Gasteiger charge is 2.18. The standard InChI is InChI=1S/C10H12N4S/c1-6-4-2-3-5-7(6)8-12-9(11)14-10(15)13-8/h2-5,8H,1H3,(H4,11,12,13,14,15)/t8-/m1/s1. The fourth-order valence-corrected chi connectivity index (χ4v) is 1.74. The highest BCUT2D eigenvalue weighted by atomic mass is 32.1. The molecule has 15 heavy (non-hydrogen) atoms. The average Bonchev–Trinajstić information content (AvgIpc) is 2.16. The summed E-state index contributed by atoms with van der Waals surface area (Å²) in [4.78, 5) is 4.25. The van der Waals surface area contributed by atoms with Gasteiger partial charge in [0.1, 0.15) is 0 Å². The second-order valence-electron chi connectivity index (χ2n) is 3.37. The van der Waals surface area contributed by atoms with Crippen LogP contribution in [0.5, 0.6) is 0 Å². The molecule has 0 bridgehead atoms. The van der Waals surface area contributed by atoms with Crippen molar-refractivity contribution in [3.05, 3.63) is 35.4 Å². The Bertz CT molecular complexity index is 427. The van der Waals surface area contributed by atoms with Gasteiger partial charge in [-0.2, -0.15) is 0 Å². The van der Waals surface area contributed by atoms with Crippen LogP contribution in [0, 0.1) is 6.92 Å². The van der Waals surface area contributed by atoms with Crippen molar-refractivity contribution in [2.24, 2.45) is 10.7 Å². The van der Waals surface area contributed by atoms with Gasteiger partial charge < -0.3 is 16.4 Å². The van der Waals surface area contributed by atoms with Gasteiger partial charge in [0.15, 0.2) is 17.2 Å². The summed E-state index contributed by atoms with van der Waals surface area (Å²) in [5.41, 5.74) is 7.86. The number of nitrogens with one attached hydrogen (secondary N) is 2. The van der Waals surface area contributed by atoms with E-state index in [1.165, 1.54) is 0 Å². The van der Waals surface area contributed by atoms with Crippen LogP contribution in [0.1, 0.15) is 17.3 Å². The average molecular weight is 220 g/mol. The minimum atomic E-state index is -0.181. The summed E-state index contributed by atoms with van der Waals surface area (Å²) in [6.45, 7) is 2.04. The molecule has 0 fully saturated rings. The van der Waals surface area contributed by atoms with Crippen molar-refractivity contribution in [1.82, 2.24) is 10.6 Å². The maximum Gasteiger partial charge on any atom is 0.197 e. The molecule has 0 amide bonds. The Labute approximate surface area is 93.6 Å². The van der Waals surface area contributed by atoms with Crippen LogP contribution in [-0.2, 0) is 0 Å². The third kappa shape index (κ3) is 2.07. The van der Waals surface area contributed by atoms with Crippen LogP contribution >= 0.6 is 12.2 Å². The number of aryl methyl sites for hydroxylation is 1. The molecule has 1 heterocycles. The number of hydrogen-bond donors (Lipinski definition) is 3. The quantitative estimate of drug-likeness (QED) is 0.612. The van der Waals surface area contributed by atoms with Gasteiger partial charge in [-0.3, -0.25) is 0 Å². The number of thiocarbonyl (C=S) groups is 1. The Morgan fingerprint density at radius 3 is 2.80 bits per heavy atom.